The standard InChI is InChI=1S/C19H16ClNO4.K.3H2O/c1-10-19(25-11(2)22)16-14(21-10)8-9-15(24-3)17(16)18(23)12-4-6-13(20)7-5-12;;;;/h4-9,21H,1-3H3;;3*1H2. The van der Waals surface area contributed by atoms with Gasteiger partial charge in [-0.05, 0) is 43.3 Å². The van der Waals surface area contributed by atoms with Crippen LogP contribution in [-0.2, 0) is 4.79 Å². The fourth-order valence-corrected chi connectivity index (χ4v) is 2.91. The third-order valence-electron chi connectivity index (χ3n) is 3.86. The summed E-state index contributed by atoms with van der Waals surface area (Å²) >= 11 is 5.90. The van der Waals surface area contributed by atoms with Crippen LogP contribution in [0.15, 0.2) is 36.4 Å². The molecule has 1 aromatic heterocycles. The molecule has 3 aromatic rings. The molecule has 0 aliphatic heterocycles. The zero-order chi connectivity index (χ0) is 18.1. The molecule has 0 fully saturated rings. The maximum atomic E-state index is 13.1. The zero-order valence-electron chi connectivity index (χ0n) is 16.5. The number of nitrogens with one attached hydrogen (secondary N) is 1. The Morgan fingerprint density at radius 1 is 1.00 bits per heavy atom. The molecule has 29 heavy (non-hydrogen) atoms. The minimum Gasteiger partial charge on any atom is -0.496 e. The Hall–Kier alpha value is -1.27. The van der Waals surface area contributed by atoms with E-state index in [2.05, 4.69) is 4.98 Å². The smallest absolute Gasteiger partial charge is 0.308 e. The summed E-state index contributed by atoms with van der Waals surface area (Å²) in [6, 6.07) is 10.1. The van der Waals surface area contributed by atoms with Crippen molar-refractivity contribution in [3.05, 3.63) is 58.2 Å². The van der Waals surface area contributed by atoms with Gasteiger partial charge in [-0.15, -0.1) is 0 Å². The summed E-state index contributed by atoms with van der Waals surface area (Å²) in [6.45, 7) is 3.10. The minimum absolute atomic E-state index is 0. The van der Waals surface area contributed by atoms with Gasteiger partial charge in [-0.2, -0.15) is 0 Å². The van der Waals surface area contributed by atoms with E-state index in [4.69, 9.17) is 21.1 Å². The molecule has 8 nitrogen and oxygen atoms in total. The molecule has 0 spiro atoms. The number of esters is 1. The molecular formula is C19H22ClKNO7. The number of ether oxygens (including phenoxy) is 2. The molecule has 0 amide bonds. The van der Waals surface area contributed by atoms with Crippen molar-refractivity contribution in [3.8, 4) is 11.5 Å². The second-order valence-electron chi connectivity index (χ2n) is 5.57. The quantitative estimate of drug-likeness (QED) is 0.361. The Bertz CT molecular complexity index is 986. The van der Waals surface area contributed by atoms with Crippen molar-refractivity contribution >= 4 is 85.6 Å². The molecule has 0 atom stereocenters. The summed E-state index contributed by atoms with van der Waals surface area (Å²) in [5.41, 5.74) is 2.14. The normalized spacial score (nSPS) is 9.24. The van der Waals surface area contributed by atoms with Gasteiger partial charge in [0, 0.05) is 68.9 Å². The average Bonchev–Trinajstić information content (AvgIpc) is 2.89. The predicted molar refractivity (Wildman–Crippen MR) is 112 cm³/mol. The van der Waals surface area contributed by atoms with E-state index in [9.17, 15) is 9.59 Å². The number of fused-ring (bicyclic) bond motifs is 1. The molecular weight excluding hydrogens is 429 g/mol. The number of hydrogen-bond acceptors (Lipinski definition) is 4. The first-order chi connectivity index (χ1) is 11.9. The molecule has 3 rings (SSSR count). The number of benzene rings is 2. The van der Waals surface area contributed by atoms with Crippen LogP contribution in [0, 0.1) is 6.92 Å². The summed E-state index contributed by atoms with van der Waals surface area (Å²) in [7, 11) is 1.49. The first-order valence-electron chi connectivity index (χ1n) is 7.60. The number of ketones is 1. The van der Waals surface area contributed by atoms with Crippen LogP contribution in [0.1, 0.15) is 28.5 Å². The predicted octanol–water partition coefficient (Wildman–Crippen LogP) is 1.44. The molecule has 0 saturated carbocycles. The molecule has 0 aliphatic carbocycles. The van der Waals surface area contributed by atoms with Crippen LogP contribution in [0.3, 0.4) is 0 Å². The molecule has 0 saturated heterocycles. The number of carbonyl (C=O) groups excluding carboxylic acids is 2. The number of aryl methyl sites for hydroxylation is 1. The number of hydrogen-bond donors (Lipinski definition) is 1. The number of rotatable bonds is 4. The van der Waals surface area contributed by atoms with Crippen LogP contribution in [0.5, 0.6) is 11.5 Å². The zero-order valence-corrected chi connectivity index (χ0v) is 20.4. The van der Waals surface area contributed by atoms with Gasteiger partial charge in [-0.1, -0.05) is 11.6 Å². The first kappa shape index (κ1) is 29.9. The molecule has 1 radical (unpaired) electrons. The SMILES string of the molecule is COc1ccc2[nH]c(C)c(OC(C)=O)c2c1C(=O)c1ccc(Cl)cc1.O.O.O.[K]. The van der Waals surface area contributed by atoms with E-state index in [1.807, 2.05) is 0 Å². The maximum Gasteiger partial charge on any atom is 0.308 e. The van der Waals surface area contributed by atoms with Gasteiger partial charge in [0.15, 0.2) is 11.5 Å². The number of aromatic amines is 1. The number of aromatic nitrogens is 1. The van der Waals surface area contributed by atoms with Crippen molar-refractivity contribution in [1.82, 2.24) is 4.98 Å². The van der Waals surface area contributed by atoms with E-state index in [1.165, 1.54) is 14.0 Å². The van der Waals surface area contributed by atoms with Gasteiger partial charge in [0.1, 0.15) is 5.75 Å². The Morgan fingerprint density at radius 3 is 2.10 bits per heavy atom. The first-order valence-corrected chi connectivity index (χ1v) is 7.98. The van der Waals surface area contributed by atoms with E-state index in [-0.39, 0.29) is 73.6 Å². The van der Waals surface area contributed by atoms with Crippen molar-refractivity contribution in [1.29, 1.82) is 0 Å². The largest absolute Gasteiger partial charge is 0.496 e. The molecule has 1 heterocycles. The third kappa shape index (κ3) is 6.11. The molecule has 0 bridgehead atoms. The molecule has 0 aliphatic rings. The van der Waals surface area contributed by atoms with Crippen LogP contribution in [-0.4, -0.2) is 91.7 Å². The molecule has 0 unspecified atom stereocenters. The molecule has 153 valence electrons. The van der Waals surface area contributed by atoms with Gasteiger partial charge in [0.05, 0.1) is 29.3 Å². The Morgan fingerprint density at radius 2 is 1.59 bits per heavy atom. The Kier molecular flexibility index (Phi) is 12.8. The average molecular weight is 451 g/mol. The summed E-state index contributed by atoms with van der Waals surface area (Å²) in [5.74, 6) is 0.0294. The minimum atomic E-state index is -0.461. The van der Waals surface area contributed by atoms with Gasteiger partial charge < -0.3 is 30.9 Å². The van der Waals surface area contributed by atoms with E-state index in [0.717, 1.165) is 0 Å². The fourth-order valence-electron chi connectivity index (χ4n) is 2.78. The van der Waals surface area contributed by atoms with Crippen molar-refractivity contribution in [2.45, 2.75) is 13.8 Å². The number of halogens is 1. The van der Waals surface area contributed by atoms with Crippen LogP contribution in [0.4, 0.5) is 0 Å². The number of H-pyrrole nitrogens is 1. The van der Waals surface area contributed by atoms with Gasteiger partial charge >= 0.3 is 5.97 Å². The second-order valence-corrected chi connectivity index (χ2v) is 6.01. The molecule has 7 N–H and O–H groups in total. The van der Waals surface area contributed by atoms with Gasteiger partial charge in [0.25, 0.3) is 0 Å². The maximum absolute atomic E-state index is 13.1. The number of carbonyl (C=O) groups is 2. The van der Waals surface area contributed by atoms with E-state index >= 15 is 0 Å². The Labute approximate surface area is 214 Å². The van der Waals surface area contributed by atoms with Crippen LogP contribution >= 0.6 is 11.6 Å². The van der Waals surface area contributed by atoms with Gasteiger partial charge in [-0.25, -0.2) is 0 Å². The third-order valence-corrected chi connectivity index (χ3v) is 4.11. The van der Waals surface area contributed by atoms with Crippen molar-refractivity contribution in [3.63, 3.8) is 0 Å². The summed E-state index contributed by atoms with van der Waals surface area (Å²) in [6.07, 6.45) is 0. The molecule has 10 heteroatoms. The Balaban J connectivity index is 0. The van der Waals surface area contributed by atoms with E-state index in [1.54, 1.807) is 43.3 Å². The topological polar surface area (TPSA) is 163 Å². The summed E-state index contributed by atoms with van der Waals surface area (Å²) in [4.78, 5) is 27.7. The van der Waals surface area contributed by atoms with Crippen molar-refractivity contribution in [2.24, 2.45) is 0 Å². The van der Waals surface area contributed by atoms with E-state index in [0.29, 0.717) is 44.2 Å². The van der Waals surface area contributed by atoms with Crippen LogP contribution in [0.25, 0.3) is 10.9 Å². The monoisotopic (exact) mass is 450 g/mol. The number of methoxy groups -OCH3 is 1. The van der Waals surface area contributed by atoms with Crippen LogP contribution in [0.2, 0.25) is 5.02 Å². The summed E-state index contributed by atoms with van der Waals surface area (Å²) in [5, 5.41) is 1.06. The molecule has 2 aromatic carbocycles. The fraction of sp³-hybridized carbons (Fsp3) is 0.158. The van der Waals surface area contributed by atoms with Crippen molar-refractivity contribution in [2.75, 3.05) is 7.11 Å². The van der Waals surface area contributed by atoms with Gasteiger partial charge in [-0.3, -0.25) is 9.59 Å². The van der Waals surface area contributed by atoms with Crippen LogP contribution < -0.4 is 9.47 Å². The van der Waals surface area contributed by atoms with E-state index < -0.39 is 5.97 Å². The second kappa shape index (κ2) is 12.4. The summed E-state index contributed by atoms with van der Waals surface area (Å²) < 4.78 is 10.7. The van der Waals surface area contributed by atoms with Crippen molar-refractivity contribution < 1.29 is 35.5 Å². The van der Waals surface area contributed by atoms with Gasteiger partial charge in [0.2, 0.25) is 0 Å².